The molecule has 7 heteroatoms. The van der Waals surface area contributed by atoms with Gasteiger partial charge in [-0.2, -0.15) is 0 Å². The van der Waals surface area contributed by atoms with Gasteiger partial charge in [0.15, 0.2) is 0 Å². The maximum Gasteiger partial charge on any atom is 0.240 e. The van der Waals surface area contributed by atoms with Crippen molar-refractivity contribution in [3.8, 4) is 5.75 Å². The number of rotatable bonds is 5. The monoisotopic (exact) mass is 346 g/mol. The lowest BCUT2D eigenvalue weighted by molar-refractivity contribution is -0.116. The van der Waals surface area contributed by atoms with Crippen LogP contribution >= 0.6 is 0 Å². The van der Waals surface area contributed by atoms with Crippen molar-refractivity contribution in [3.05, 3.63) is 53.6 Å². The van der Waals surface area contributed by atoms with Crippen LogP contribution in [0.15, 0.2) is 47.4 Å². The summed E-state index contributed by atoms with van der Waals surface area (Å²) in [6.07, 6.45) is 0.911. The van der Waals surface area contributed by atoms with E-state index in [9.17, 15) is 13.2 Å². The number of carbonyl (C=O) groups is 1. The Hall–Kier alpha value is -2.38. The molecule has 0 saturated carbocycles. The van der Waals surface area contributed by atoms with E-state index in [4.69, 9.17) is 4.74 Å². The van der Waals surface area contributed by atoms with Crippen molar-refractivity contribution in [2.45, 2.75) is 24.3 Å². The van der Waals surface area contributed by atoms with Crippen LogP contribution in [0.1, 0.15) is 17.5 Å². The van der Waals surface area contributed by atoms with Crippen molar-refractivity contribution < 1.29 is 17.9 Å². The molecular formula is C17H18N2O4S. The molecule has 0 saturated heterocycles. The molecule has 126 valence electrons. The van der Waals surface area contributed by atoms with Crippen molar-refractivity contribution in [2.24, 2.45) is 0 Å². The van der Waals surface area contributed by atoms with E-state index in [2.05, 4.69) is 10.0 Å². The van der Waals surface area contributed by atoms with Gasteiger partial charge in [0.25, 0.3) is 0 Å². The average Bonchev–Trinajstić information content (AvgIpc) is 2.59. The molecule has 0 bridgehead atoms. The Morgan fingerprint density at radius 2 is 2.00 bits per heavy atom. The first-order valence-electron chi connectivity index (χ1n) is 7.53. The number of hydrogen-bond acceptors (Lipinski definition) is 4. The van der Waals surface area contributed by atoms with Crippen LogP contribution in [0.2, 0.25) is 0 Å². The third-order valence-electron chi connectivity index (χ3n) is 3.88. The highest BCUT2D eigenvalue weighted by molar-refractivity contribution is 7.89. The topological polar surface area (TPSA) is 84.5 Å². The third kappa shape index (κ3) is 3.58. The summed E-state index contributed by atoms with van der Waals surface area (Å²) in [5.74, 6) is 0.630. The number of carbonyl (C=O) groups excluding carboxylic acids is 1. The molecule has 0 aliphatic carbocycles. The number of benzene rings is 2. The van der Waals surface area contributed by atoms with Gasteiger partial charge in [0.05, 0.1) is 12.0 Å². The fourth-order valence-corrected chi connectivity index (χ4v) is 3.64. The number of aryl methyl sites for hydroxylation is 1. The van der Waals surface area contributed by atoms with E-state index in [1.807, 2.05) is 12.1 Å². The first kappa shape index (κ1) is 16.5. The Labute approximate surface area is 140 Å². The smallest absolute Gasteiger partial charge is 0.240 e. The highest BCUT2D eigenvalue weighted by Crippen LogP contribution is 2.25. The molecule has 2 N–H and O–H groups in total. The van der Waals surface area contributed by atoms with E-state index in [1.165, 1.54) is 6.07 Å². The second-order valence-corrected chi connectivity index (χ2v) is 7.31. The van der Waals surface area contributed by atoms with Crippen molar-refractivity contribution in [2.75, 3.05) is 12.4 Å². The largest absolute Gasteiger partial charge is 0.497 e. The molecule has 1 aliphatic rings. The van der Waals surface area contributed by atoms with Gasteiger partial charge in [0, 0.05) is 18.7 Å². The van der Waals surface area contributed by atoms with Gasteiger partial charge >= 0.3 is 0 Å². The molecule has 0 radical (unpaired) electrons. The highest BCUT2D eigenvalue weighted by Gasteiger charge is 2.19. The van der Waals surface area contributed by atoms with Crippen molar-refractivity contribution >= 4 is 21.6 Å². The lowest BCUT2D eigenvalue weighted by Crippen LogP contribution is -2.24. The first-order valence-corrected chi connectivity index (χ1v) is 9.01. The molecule has 6 nitrogen and oxygen atoms in total. The molecule has 1 aliphatic heterocycles. The summed E-state index contributed by atoms with van der Waals surface area (Å²) in [5.41, 5.74) is 2.32. The SMILES string of the molecule is COc1cccc(CNS(=O)(=O)c2ccc3c(c2)CCC(=O)N3)c1. The van der Waals surface area contributed by atoms with Crippen LogP contribution in [0.25, 0.3) is 0 Å². The molecule has 2 aromatic carbocycles. The summed E-state index contributed by atoms with van der Waals surface area (Å²) >= 11 is 0. The normalized spacial score (nSPS) is 14.0. The Kier molecular flexibility index (Phi) is 4.55. The number of ether oxygens (including phenoxy) is 1. The molecule has 2 aromatic rings. The number of anilines is 1. The molecule has 0 spiro atoms. The highest BCUT2D eigenvalue weighted by atomic mass is 32.2. The number of hydrogen-bond donors (Lipinski definition) is 2. The Morgan fingerprint density at radius 3 is 2.79 bits per heavy atom. The molecule has 0 unspecified atom stereocenters. The number of nitrogens with one attached hydrogen (secondary N) is 2. The Balaban J connectivity index is 1.77. The van der Waals surface area contributed by atoms with E-state index in [0.717, 1.165) is 11.1 Å². The van der Waals surface area contributed by atoms with Gasteiger partial charge in [0.1, 0.15) is 5.75 Å². The van der Waals surface area contributed by atoms with E-state index >= 15 is 0 Å². The number of sulfonamides is 1. The van der Waals surface area contributed by atoms with Gasteiger partial charge in [-0.3, -0.25) is 4.79 Å². The minimum absolute atomic E-state index is 0.0470. The number of fused-ring (bicyclic) bond motifs is 1. The molecule has 1 heterocycles. The summed E-state index contributed by atoms with van der Waals surface area (Å²) in [5, 5.41) is 2.74. The Bertz CT molecular complexity index is 878. The first-order chi connectivity index (χ1) is 11.5. The second kappa shape index (κ2) is 6.62. The van der Waals surface area contributed by atoms with Gasteiger partial charge in [0.2, 0.25) is 15.9 Å². The second-order valence-electron chi connectivity index (χ2n) is 5.54. The van der Waals surface area contributed by atoms with Crippen molar-refractivity contribution in [3.63, 3.8) is 0 Å². The summed E-state index contributed by atoms with van der Waals surface area (Å²) < 4.78 is 32.7. The van der Waals surface area contributed by atoms with Crippen LogP contribution in [0, 0.1) is 0 Å². The van der Waals surface area contributed by atoms with Crippen LogP contribution in [-0.2, 0) is 27.8 Å². The molecule has 24 heavy (non-hydrogen) atoms. The van der Waals surface area contributed by atoms with E-state index in [-0.39, 0.29) is 17.3 Å². The van der Waals surface area contributed by atoms with Gasteiger partial charge in [-0.1, -0.05) is 12.1 Å². The molecular weight excluding hydrogens is 328 g/mol. The Morgan fingerprint density at radius 1 is 1.17 bits per heavy atom. The predicted octanol–water partition coefficient (Wildman–Crippen LogP) is 2.06. The maximum absolute atomic E-state index is 12.5. The zero-order chi connectivity index (χ0) is 17.2. The minimum Gasteiger partial charge on any atom is -0.497 e. The van der Waals surface area contributed by atoms with Crippen LogP contribution in [0.3, 0.4) is 0 Å². The standard InChI is InChI=1S/C17H18N2O4S/c1-23-14-4-2-3-12(9-14)11-18-24(21,22)15-6-7-16-13(10-15)5-8-17(20)19-16/h2-4,6-7,9-10,18H,5,8,11H2,1H3,(H,19,20). The molecule has 0 fully saturated rings. The van der Waals surface area contributed by atoms with Crippen LogP contribution in [0.4, 0.5) is 5.69 Å². The van der Waals surface area contributed by atoms with E-state index < -0.39 is 10.0 Å². The maximum atomic E-state index is 12.5. The molecule has 0 aromatic heterocycles. The summed E-state index contributed by atoms with van der Waals surface area (Å²) in [6, 6.07) is 12.0. The average molecular weight is 346 g/mol. The number of methoxy groups -OCH3 is 1. The van der Waals surface area contributed by atoms with E-state index in [1.54, 1.807) is 31.4 Å². The lowest BCUT2D eigenvalue weighted by atomic mass is 10.0. The van der Waals surface area contributed by atoms with Gasteiger partial charge in [-0.05, 0) is 47.9 Å². The zero-order valence-electron chi connectivity index (χ0n) is 13.2. The fraction of sp³-hybridized carbons (Fsp3) is 0.235. The zero-order valence-corrected chi connectivity index (χ0v) is 14.0. The summed E-state index contributed by atoms with van der Waals surface area (Å²) in [6.45, 7) is 0.174. The summed E-state index contributed by atoms with van der Waals surface area (Å²) in [7, 11) is -2.06. The molecule has 1 amide bonds. The minimum atomic E-state index is -3.63. The third-order valence-corrected chi connectivity index (χ3v) is 5.28. The van der Waals surface area contributed by atoms with Gasteiger partial charge < -0.3 is 10.1 Å². The summed E-state index contributed by atoms with van der Waals surface area (Å²) in [4.78, 5) is 11.6. The van der Waals surface area contributed by atoms with Crippen molar-refractivity contribution in [1.82, 2.24) is 4.72 Å². The van der Waals surface area contributed by atoms with Crippen LogP contribution < -0.4 is 14.8 Å². The van der Waals surface area contributed by atoms with Gasteiger partial charge in [-0.25, -0.2) is 13.1 Å². The molecule has 0 atom stereocenters. The molecule has 3 rings (SSSR count). The van der Waals surface area contributed by atoms with E-state index in [0.29, 0.717) is 24.3 Å². The lowest BCUT2D eigenvalue weighted by Gasteiger charge is -2.17. The predicted molar refractivity (Wildman–Crippen MR) is 90.4 cm³/mol. The van der Waals surface area contributed by atoms with Crippen LogP contribution in [0.5, 0.6) is 5.75 Å². The quantitative estimate of drug-likeness (QED) is 0.868. The number of amides is 1. The van der Waals surface area contributed by atoms with Gasteiger partial charge in [-0.15, -0.1) is 0 Å². The van der Waals surface area contributed by atoms with Crippen LogP contribution in [-0.4, -0.2) is 21.4 Å². The fourth-order valence-electron chi connectivity index (χ4n) is 2.57. The van der Waals surface area contributed by atoms with Crippen molar-refractivity contribution in [1.29, 1.82) is 0 Å².